The van der Waals surface area contributed by atoms with Crippen LogP contribution in [-0.2, 0) is 13.5 Å². The summed E-state index contributed by atoms with van der Waals surface area (Å²) < 4.78 is 2.28. The highest BCUT2D eigenvalue weighted by Crippen LogP contribution is 2.27. The lowest BCUT2D eigenvalue weighted by atomic mass is 10.1. The summed E-state index contributed by atoms with van der Waals surface area (Å²) in [5.41, 5.74) is 3.47. The fourth-order valence-electron chi connectivity index (χ4n) is 4.43. The molecule has 5 heteroatoms. The minimum atomic E-state index is 0.841. The van der Waals surface area contributed by atoms with Crippen LogP contribution in [0.15, 0.2) is 60.7 Å². The van der Waals surface area contributed by atoms with Gasteiger partial charge in [0.05, 0.1) is 21.7 Å². The van der Waals surface area contributed by atoms with E-state index in [9.17, 15) is 0 Å². The van der Waals surface area contributed by atoms with Gasteiger partial charge in [0.25, 0.3) is 0 Å². The van der Waals surface area contributed by atoms with Crippen molar-refractivity contribution in [1.29, 1.82) is 0 Å². The molecule has 3 aromatic carbocycles. The molecule has 0 saturated carbocycles. The van der Waals surface area contributed by atoms with Gasteiger partial charge >= 0.3 is 0 Å². The Hall–Kier alpha value is -2.56. The number of aryl methyl sites for hydroxylation is 1. The van der Waals surface area contributed by atoms with E-state index in [1.54, 1.807) is 0 Å². The molecular formula is C24H25ClN4. The van der Waals surface area contributed by atoms with Crippen LogP contribution in [0.25, 0.3) is 21.8 Å². The number of hydrogen-bond donors (Lipinski definition) is 0. The summed E-state index contributed by atoms with van der Waals surface area (Å²) in [4.78, 5) is 9.85. The van der Waals surface area contributed by atoms with Gasteiger partial charge in [-0.05, 0) is 23.6 Å². The van der Waals surface area contributed by atoms with Crippen molar-refractivity contribution in [3.05, 3.63) is 71.5 Å². The molecule has 2 heterocycles. The van der Waals surface area contributed by atoms with Crippen LogP contribution in [0, 0.1) is 0 Å². The van der Waals surface area contributed by atoms with Crippen LogP contribution in [-0.4, -0.2) is 47.2 Å². The first-order chi connectivity index (χ1) is 14.2. The Morgan fingerprint density at radius 2 is 1.66 bits per heavy atom. The van der Waals surface area contributed by atoms with Crippen molar-refractivity contribution in [2.45, 2.75) is 6.42 Å². The maximum atomic E-state index is 6.37. The third-order valence-corrected chi connectivity index (χ3v) is 6.39. The average molecular weight is 405 g/mol. The molecule has 4 nitrogen and oxygen atoms in total. The molecule has 5 rings (SSSR count). The zero-order valence-electron chi connectivity index (χ0n) is 16.7. The van der Waals surface area contributed by atoms with E-state index in [0.29, 0.717) is 0 Å². The predicted molar refractivity (Wildman–Crippen MR) is 122 cm³/mol. The number of fused-ring (bicyclic) bond motifs is 3. The van der Waals surface area contributed by atoms with Crippen LogP contribution in [0.3, 0.4) is 0 Å². The first-order valence-electron chi connectivity index (χ1n) is 10.3. The maximum absolute atomic E-state index is 6.37. The Kier molecular flexibility index (Phi) is 4.90. The topological polar surface area (TPSA) is 24.3 Å². The molecule has 148 valence electrons. The van der Waals surface area contributed by atoms with Crippen molar-refractivity contribution in [1.82, 2.24) is 14.5 Å². The van der Waals surface area contributed by atoms with Crippen molar-refractivity contribution >= 4 is 39.1 Å². The van der Waals surface area contributed by atoms with Gasteiger partial charge in [0.15, 0.2) is 0 Å². The summed E-state index contributed by atoms with van der Waals surface area (Å²) in [7, 11) is 2.15. The third-order valence-electron chi connectivity index (χ3n) is 6.07. The Labute approximate surface area is 176 Å². The average Bonchev–Trinajstić information content (AvgIpc) is 3.09. The monoisotopic (exact) mass is 404 g/mol. The predicted octanol–water partition coefficient (Wildman–Crippen LogP) is 4.74. The zero-order chi connectivity index (χ0) is 19.8. The number of para-hydroxylation sites is 1. The van der Waals surface area contributed by atoms with Crippen LogP contribution in [0.5, 0.6) is 0 Å². The van der Waals surface area contributed by atoms with Crippen LogP contribution in [0.2, 0.25) is 5.02 Å². The Bertz CT molecular complexity index is 1160. The Morgan fingerprint density at radius 3 is 2.48 bits per heavy atom. The number of rotatable bonds is 4. The zero-order valence-corrected chi connectivity index (χ0v) is 17.4. The van der Waals surface area contributed by atoms with Crippen molar-refractivity contribution in [2.75, 3.05) is 37.6 Å². The lowest BCUT2D eigenvalue weighted by molar-refractivity contribution is 0.259. The molecule has 1 fully saturated rings. The number of piperazine rings is 1. The van der Waals surface area contributed by atoms with E-state index < -0.39 is 0 Å². The van der Waals surface area contributed by atoms with E-state index >= 15 is 0 Å². The van der Waals surface area contributed by atoms with Crippen molar-refractivity contribution in [3.63, 3.8) is 0 Å². The molecule has 0 radical (unpaired) electrons. The number of benzene rings is 3. The second-order valence-corrected chi connectivity index (χ2v) is 8.18. The fourth-order valence-corrected chi connectivity index (χ4v) is 4.69. The molecule has 0 unspecified atom stereocenters. The van der Waals surface area contributed by atoms with Gasteiger partial charge in [0.1, 0.15) is 5.82 Å². The molecule has 29 heavy (non-hydrogen) atoms. The number of nitrogens with zero attached hydrogens (tertiary/aromatic N) is 4. The van der Waals surface area contributed by atoms with Crippen molar-refractivity contribution in [3.8, 4) is 0 Å². The maximum Gasteiger partial charge on any atom is 0.110 e. The normalized spacial score (nSPS) is 15.4. The SMILES string of the molecule is Cn1c(CCN2CCN(c3ccccc3Cl)CC2)nc2ccc3ccccc3c21. The molecule has 1 aliphatic rings. The number of aromatic nitrogens is 2. The summed E-state index contributed by atoms with van der Waals surface area (Å²) in [6.45, 7) is 5.16. The largest absolute Gasteiger partial charge is 0.368 e. The Balaban J connectivity index is 1.28. The summed E-state index contributed by atoms with van der Waals surface area (Å²) in [6, 6.07) is 21.0. The van der Waals surface area contributed by atoms with Crippen LogP contribution in [0.1, 0.15) is 5.82 Å². The molecule has 1 aliphatic heterocycles. The number of hydrogen-bond acceptors (Lipinski definition) is 3. The van der Waals surface area contributed by atoms with Crippen LogP contribution in [0.4, 0.5) is 5.69 Å². The molecule has 1 aromatic heterocycles. The van der Waals surface area contributed by atoms with Crippen molar-refractivity contribution < 1.29 is 0 Å². The summed E-state index contributed by atoms with van der Waals surface area (Å²) in [6.07, 6.45) is 0.964. The van der Waals surface area contributed by atoms with E-state index in [2.05, 4.69) is 69.9 Å². The standard InChI is InChI=1S/C24H25ClN4/c1-27-23(26-21-11-10-18-6-2-3-7-19(18)24(21)27)12-13-28-14-16-29(17-15-28)22-9-5-4-8-20(22)25/h2-11H,12-17H2,1H3. The molecule has 0 aliphatic carbocycles. The van der Waals surface area contributed by atoms with Gasteiger partial charge in [-0.1, -0.05) is 54.1 Å². The minimum Gasteiger partial charge on any atom is -0.368 e. The number of halogens is 1. The number of anilines is 1. The highest BCUT2D eigenvalue weighted by Gasteiger charge is 2.19. The van der Waals surface area contributed by atoms with Gasteiger partial charge in [-0.2, -0.15) is 0 Å². The van der Waals surface area contributed by atoms with E-state index in [1.807, 2.05) is 12.1 Å². The van der Waals surface area contributed by atoms with Crippen LogP contribution >= 0.6 is 11.6 Å². The van der Waals surface area contributed by atoms with E-state index in [0.717, 1.165) is 61.2 Å². The molecular weight excluding hydrogens is 380 g/mol. The van der Waals surface area contributed by atoms with E-state index in [1.165, 1.54) is 16.3 Å². The molecule has 0 bridgehead atoms. The highest BCUT2D eigenvalue weighted by atomic mass is 35.5. The smallest absolute Gasteiger partial charge is 0.110 e. The highest BCUT2D eigenvalue weighted by molar-refractivity contribution is 6.33. The molecule has 0 amide bonds. The molecule has 0 N–H and O–H groups in total. The van der Waals surface area contributed by atoms with Crippen molar-refractivity contribution in [2.24, 2.45) is 7.05 Å². The summed E-state index contributed by atoms with van der Waals surface area (Å²) >= 11 is 6.37. The fraction of sp³-hybridized carbons (Fsp3) is 0.292. The summed E-state index contributed by atoms with van der Waals surface area (Å²) in [5, 5.41) is 3.39. The first-order valence-corrected chi connectivity index (χ1v) is 10.6. The van der Waals surface area contributed by atoms with Gasteiger partial charge in [-0.15, -0.1) is 0 Å². The Morgan fingerprint density at radius 1 is 0.897 bits per heavy atom. The molecule has 0 spiro atoms. The lowest BCUT2D eigenvalue weighted by Gasteiger charge is -2.36. The second-order valence-electron chi connectivity index (χ2n) is 7.77. The molecule has 4 aromatic rings. The number of imidazole rings is 1. The van der Waals surface area contributed by atoms with Gasteiger partial charge < -0.3 is 9.47 Å². The van der Waals surface area contributed by atoms with Gasteiger partial charge in [0, 0.05) is 51.6 Å². The minimum absolute atomic E-state index is 0.841. The van der Waals surface area contributed by atoms with E-state index in [-0.39, 0.29) is 0 Å². The second kappa shape index (κ2) is 7.69. The van der Waals surface area contributed by atoms with Gasteiger partial charge in [-0.25, -0.2) is 4.98 Å². The van der Waals surface area contributed by atoms with Crippen LogP contribution < -0.4 is 4.90 Å². The molecule has 1 saturated heterocycles. The first kappa shape index (κ1) is 18.5. The third kappa shape index (κ3) is 3.47. The van der Waals surface area contributed by atoms with E-state index in [4.69, 9.17) is 16.6 Å². The quantitative estimate of drug-likeness (QED) is 0.490. The van der Waals surface area contributed by atoms with Gasteiger partial charge in [0.2, 0.25) is 0 Å². The lowest BCUT2D eigenvalue weighted by Crippen LogP contribution is -2.47. The molecule has 0 atom stereocenters. The summed E-state index contributed by atoms with van der Waals surface area (Å²) in [5.74, 6) is 1.16. The van der Waals surface area contributed by atoms with Gasteiger partial charge in [-0.3, -0.25) is 4.90 Å².